The van der Waals surface area contributed by atoms with E-state index in [-0.39, 0.29) is 29.3 Å². The zero-order valence-corrected chi connectivity index (χ0v) is 12.0. The Labute approximate surface area is 114 Å². The molecule has 0 bridgehead atoms. The van der Waals surface area contributed by atoms with Crippen LogP contribution in [0.5, 0.6) is 0 Å². The second-order valence-corrected chi connectivity index (χ2v) is 7.43. The molecule has 0 aromatic rings. The lowest BCUT2D eigenvalue weighted by Gasteiger charge is -2.31. The van der Waals surface area contributed by atoms with Gasteiger partial charge in [-0.25, -0.2) is 8.42 Å². The van der Waals surface area contributed by atoms with Gasteiger partial charge in [0.25, 0.3) is 0 Å². The van der Waals surface area contributed by atoms with E-state index in [2.05, 4.69) is 4.90 Å². The Kier molecular flexibility index (Phi) is 4.81. The van der Waals surface area contributed by atoms with Crippen molar-refractivity contribution in [2.75, 3.05) is 51.5 Å². The Balaban J connectivity index is 2.01. The van der Waals surface area contributed by atoms with E-state index in [1.54, 1.807) is 0 Å². The molecule has 2 aliphatic heterocycles. The number of hydrogen-bond donors (Lipinski definition) is 0. The van der Waals surface area contributed by atoms with Crippen LogP contribution < -0.4 is 0 Å². The van der Waals surface area contributed by atoms with Crippen molar-refractivity contribution >= 4 is 15.8 Å². The molecule has 2 rings (SSSR count). The van der Waals surface area contributed by atoms with Crippen molar-refractivity contribution in [1.82, 2.24) is 4.90 Å². The SMILES string of the molecule is COC(=O)C(CN1CCOCC1)C1CCS(=O)(=O)C1. The molecule has 6 nitrogen and oxygen atoms in total. The van der Waals surface area contributed by atoms with E-state index in [1.165, 1.54) is 7.11 Å². The third-order valence-electron chi connectivity index (χ3n) is 3.90. The highest BCUT2D eigenvalue weighted by atomic mass is 32.2. The van der Waals surface area contributed by atoms with Gasteiger partial charge in [0, 0.05) is 19.6 Å². The van der Waals surface area contributed by atoms with Crippen LogP contribution in [0.15, 0.2) is 0 Å². The fourth-order valence-corrected chi connectivity index (χ4v) is 4.65. The number of hydrogen-bond acceptors (Lipinski definition) is 6. The zero-order chi connectivity index (χ0) is 13.9. The molecule has 2 saturated heterocycles. The summed E-state index contributed by atoms with van der Waals surface area (Å²) >= 11 is 0. The summed E-state index contributed by atoms with van der Waals surface area (Å²) < 4.78 is 33.2. The largest absolute Gasteiger partial charge is 0.469 e. The number of esters is 1. The summed E-state index contributed by atoms with van der Waals surface area (Å²) in [6.07, 6.45) is 0.562. The Morgan fingerprint density at radius 1 is 1.42 bits per heavy atom. The molecule has 0 aliphatic carbocycles. The summed E-state index contributed by atoms with van der Waals surface area (Å²) in [5.74, 6) is -0.458. The average Bonchev–Trinajstić information content (AvgIpc) is 2.76. The highest BCUT2D eigenvalue weighted by molar-refractivity contribution is 7.91. The molecule has 0 saturated carbocycles. The maximum Gasteiger partial charge on any atom is 0.310 e. The lowest BCUT2D eigenvalue weighted by atomic mass is 9.91. The third kappa shape index (κ3) is 3.90. The standard InChI is InChI=1S/C12H21NO5S/c1-17-12(14)11(8-13-3-5-18-6-4-13)10-2-7-19(15,16)9-10/h10-11H,2-9H2,1H3. The van der Waals surface area contributed by atoms with Gasteiger partial charge in [0.05, 0.1) is 37.7 Å². The highest BCUT2D eigenvalue weighted by Crippen LogP contribution is 2.28. The Bertz CT molecular complexity index is 416. The molecule has 7 heteroatoms. The molecule has 0 aromatic carbocycles. The van der Waals surface area contributed by atoms with E-state index >= 15 is 0 Å². The van der Waals surface area contributed by atoms with Gasteiger partial charge in [-0.1, -0.05) is 0 Å². The molecule has 110 valence electrons. The van der Waals surface area contributed by atoms with E-state index in [4.69, 9.17) is 9.47 Å². The zero-order valence-electron chi connectivity index (χ0n) is 11.2. The summed E-state index contributed by atoms with van der Waals surface area (Å²) in [6, 6.07) is 0. The van der Waals surface area contributed by atoms with Gasteiger partial charge < -0.3 is 9.47 Å². The van der Waals surface area contributed by atoms with Gasteiger partial charge >= 0.3 is 5.97 Å². The van der Waals surface area contributed by atoms with Crippen LogP contribution in [-0.2, 0) is 24.1 Å². The van der Waals surface area contributed by atoms with Crippen molar-refractivity contribution in [3.63, 3.8) is 0 Å². The van der Waals surface area contributed by atoms with Gasteiger partial charge in [-0.15, -0.1) is 0 Å². The van der Waals surface area contributed by atoms with Crippen LogP contribution in [0.3, 0.4) is 0 Å². The molecular weight excluding hydrogens is 270 g/mol. The van der Waals surface area contributed by atoms with E-state index in [0.29, 0.717) is 26.2 Å². The number of methoxy groups -OCH3 is 1. The molecule has 19 heavy (non-hydrogen) atoms. The number of morpholine rings is 1. The normalized spacial score (nSPS) is 29.0. The van der Waals surface area contributed by atoms with Crippen molar-refractivity contribution in [1.29, 1.82) is 0 Å². The van der Waals surface area contributed by atoms with Gasteiger partial charge in [0.15, 0.2) is 9.84 Å². The third-order valence-corrected chi connectivity index (χ3v) is 5.69. The number of rotatable bonds is 4. The number of sulfone groups is 1. The maximum atomic E-state index is 11.9. The first-order valence-electron chi connectivity index (χ1n) is 6.60. The summed E-state index contributed by atoms with van der Waals surface area (Å²) in [4.78, 5) is 14.1. The molecule has 2 fully saturated rings. The molecule has 2 heterocycles. The smallest absolute Gasteiger partial charge is 0.310 e. The van der Waals surface area contributed by atoms with E-state index in [9.17, 15) is 13.2 Å². The minimum Gasteiger partial charge on any atom is -0.469 e. The fourth-order valence-electron chi connectivity index (χ4n) is 2.77. The maximum absolute atomic E-state index is 11.9. The second-order valence-electron chi connectivity index (χ2n) is 5.21. The minimum atomic E-state index is -2.97. The second kappa shape index (κ2) is 6.19. The van der Waals surface area contributed by atoms with Gasteiger partial charge in [0.2, 0.25) is 0 Å². The van der Waals surface area contributed by atoms with E-state index in [0.717, 1.165) is 13.1 Å². The lowest BCUT2D eigenvalue weighted by Crippen LogP contribution is -2.43. The quantitative estimate of drug-likeness (QED) is 0.653. The molecule has 0 spiro atoms. The van der Waals surface area contributed by atoms with Crippen molar-refractivity contribution < 1.29 is 22.7 Å². The van der Waals surface area contributed by atoms with Crippen LogP contribution in [0.4, 0.5) is 0 Å². The minimum absolute atomic E-state index is 0.108. The summed E-state index contributed by atoms with van der Waals surface area (Å²) in [7, 11) is -1.61. The van der Waals surface area contributed by atoms with Crippen LogP contribution in [0.2, 0.25) is 0 Å². The van der Waals surface area contributed by atoms with Crippen LogP contribution >= 0.6 is 0 Å². The molecule has 0 radical (unpaired) electrons. The van der Waals surface area contributed by atoms with Crippen LogP contribution in [-0.4, -0.2) is 70.8 Å². The summed E-state index contributed by atoms with van der Waals surface area (Å²) in [5, 5.41) is 0. The Morgan fingerprint density at radius 2 is 2.11 bits per heavy atom. The average molecular weight is 291 g/mol. The molecular formula is C12H21NO5S. The van der Waals surface area contributed by atoms with E-state index in [1.807, 2.05) is 0 Å². The van der Waals surface area contributed by atoms with Gasteiger partial charge in [0.1, 0.15) is 0 Å². The number of carbonyl (C=O) groups is 1. The topological polar surface area (TPSA) is 72.9 Å². The van der Waals surface area contributed by atoms with Crippen molar-refractivity contribution in [2.45, 2.75) is 6.42 Å². The van der Waals surface area contributed by atoms with Crippen LogP contribution in [0, 0.1) is 11.8 Å². The highest BCUT2D eigenvalue weighted by Gasteiger charge is 2.38. The summed E-state index contributed by atoms with van der Waals surface area (Å²) in [5.41, 5.74) is 0. The van der Waals surface area contributed by atoms with Crippen molar-refractivity contribution in [2.24, 2.45) is 11.8 Å². The van der Waals surface area contributed by atoms with Gasteiger partial charge in [-0.3, -0.25) is 9.69 Å². The Morgan fingerprint density at radius 3 is 2.63 bits per heavy atom. The van der Waals surface area contributed by atoms with Gasteiger partial charge in [-0.05, 0) is 12.3 Å². The number of nitrogens with zero attached hydrogens (tertiary/aromatic N) is 1. The predicted molar refractivity (Wildman–Crippen MR) is 69.5 cm³/mol. The Hall–Kier alpha value is -0.660. The van der Waals surface area contributed by atoms with Crippen LogP contribution in [0.1, 0.15) is 6.42 Å². The predicted octanol–water partition coefficient (Wildman–Crippen LogP) is -0.457. The first kappa shape index (κ1) is 14.7. The molecule has 0 N–H and O–H groups in total. The fraction of sp³-hybridized carbons (Fsp3) is 0.917. The number of ether oxygens (including phenoxy) is 2. The monoisotopic (exact) mass is 291 g/mol. The van der Waals surface area contributed by atoms with E-state index < -0.39 is 9.84 Å². The first-order valence-corrected chi connectivity index (χ1v) is 8.42. The van der Waals surface area contributed by atoms with Gasteiger partial charge in [-0.2, -0.15) is 0 Å². The molecule has 2 atom stereocenters. The number of carbonyl (C=O) groups excluding carboxylic acids is 1. The molecule has 2 aliphatic rings. The lowest BCUT2D eigenvalue weighted by molar-refractivity contribution is -0.148. The molecule has 2 unspecified atom stereocenters. The molecule has 0 amide bonds. The summed E-state index contributed by atoms with van der Waals surface area (Å²) in [6.45, 7) is 3.46. The first-order chi connectivity index (χ1) is 9.02. The van der Waals surface area contributed by atoms with Crippen LogP contribution in [0.25, 0.3) is 0 Å². The van der Waals surface area contributed by atoms with Crippen molar-refractivity contribution in [3.8, 4) is 0 Å². The molecule has 0 aromatic heterocycles. The van der Waals surface area contributed by atoms with Crippen molar-refractivity contribution in [3.05, 3.63) is 0 Å².